The molecule has 0 aliphatic carbocycles. The second kappa shape index (κ2) is 7.51. The zero-order valence-corrected chi connectivity index (χ0v) is 12.6. The first-order chi connectivity index (χ1) is 8.99. The lowest BCUT2D eigenvalue weighted by molar-refractivity contribution is 0.286. The Morgan fingerprint density at radius 1 is 1.21 bits per heavy atom. The van der Waals surface area contributed by atoms with Gasteiger partial charge in [-0.1, -0.05) is 32.9 Å². The van der Waals surface area contributed by atoms with Crippen LogP contribution < -0.4 is 10.1 Å². The summed E-state index contributed by atoms with van der Waals surface area (Å²) in [4.78, 5) is 0. The smallest absolute Gasteiger partial charge is 0.122 e. The Labute approximate surface area is 117 Å². The van der Waals surface area contributed by atoms with Crippen LogP contribution >= 0.6 is 0 Å². The van der Waals surface area contributed by atoms with Crippen molar-refractivity contribution in [3.63, 3.8) is 0 Å². The summed E-state index contributed by atoms with van der Waals surface area (Å²) in [5.41, 5.74) is 2.73. The first kappa shape index (κ1) is 16.0. The van der Waals surface area contributed by atoms with Crippen molar-refractivity contribution in [2.45, 2.75) is 39.0 Å². The average molecular weight is 265 g/mol. The molecule has 0 saturated heterocycles. The summed E-state index contributed by atoms with van der Waals surface area (Å²) in [5, 5.41) is 12.1. The van der Waals surface area contributed by atoms with Crippen molar-refractivity contribution in [1.29, 1.82) is 0 Å². The van der Waals surface area contributed by atoms with Crippen molar-refractivity contribution >= 4 is 0 Å². The third kappa shape index (κ3) is 5.21. The minimum absolute atomic E-state index is 0.158. The van der Waals surface area contributed by atoms with Crippen LogP contribution in [0.15, 0.2) is 18.2 Å². The first-order valence-electron chi connectivity index (χ1n) is 6.98. The van der Waals surface area contributed by atoms with Crippen molar-refractivity contribution in [3.05, 3.63) is 29.3 Å². The molecule has 0 fully saturated rings. The Morgan fingerprint density at radius 2 is 1.95 bits per heavy atom. The Hall–Kier alpha value is -1.06. The van der Waals surface area contributed by atoms with Crippen LogP contribution in [0, 0.1) is 0 Å². The van der Waals surface area contributed by atoms with Gasteiger partial charge in [-0.15, -0.1) is 0 Å². The largest absolute Gasteiger partial charge is 0.496 e. The maximum Gasteiger partial charge on any atom is 0.122 e. The topological polar surface area (TPSA) is 41.5 Å². The summed E-state index contributed by atoms with van der Waals surface area (Å²) >= 11 is 0. The van der Waals surface area contributed by atoms with Crippen LogP contribution in [0.25, 0.3) is 0 Å². The molecule has 0 saturated carbocycles. The number of hydrogen-bond donors (Lipinski definition) is 2. The standard InChI is InChI=1S/C16H27NO2/c1-16(2,3)14-6-7-15(19-4)13(12-14)8-10-17-9-5-11-18/h6-7,12,17-18H,5,8-11H2,1-4H3. The second-order valence-corrected chi connectivity index (χ2v) is 5.85. The quantitative estimate of drug-likeness (QED) is 0.744. The maximum atomic E-state index is 8.73. The highest BCUT2D eigenvalue weighted by atomic mass is 16.5. The second-order valence-electron chi connectivity index (χ2n) is 5.85. The number of hydrogen-bond acceptors (Lipinski definition) is 3. The lowest BCUT2D eigenvalue weighted by Gasteiger charge is -2.21. The van der Waals surface area contributed by atoms with Gasteiger partial charge in [-0.25, -0.2) is 0 Å². The Bertz CT molecular complexity index is 383. The molecule has 0 spiro atoms. The van der Waals surface area contributed by atoms with Crippen LogP contribution in [0.4, 0.5) is 0 Å². The first-order valence-corrected chi connectivity index (χ1v) is 6.98. The molecular weight excluding hydrogens is 238 g/mol. The van der Waals surface area contributed by atoms with Crippen LogP contribution in [0.5, 0.6) is 5.75 Å². The average Bonchev–Trinajstić information content (AvgIpc) is 2.37. The van der Waals surface area contributed by atoms with Gasteiger partial charge in [-0.05, 0) is 48.5 Å². The van der Waals surface area contributed by atoms with E-state index >= 15 is 0 Å². The van der Waals surface area contributed by atoms with Crippen LogP contribution in [0.1, 0.15) is 38.3 Å². The van der Waals surface area contributed by atoms with Gasteiger partial charge in [0.1, 0.15) is 5.75 Å². The van der Waals surface area contributed by atoms with E-state index in [0.717, 1.165) is 31.7 Å². The van der Waals surface area contributed by atoms with Gasteiger partial charge in [-0.3, -0.25) is 0 Å². The van der Waals surface area contributed by atoms with Crippen LogP contribution in [0.2, 0.25) is 0 Å². The molecule has 1 rings (SSSR count). The van der Waals surface area contributed by atoms with Gasteiger partial charge in [0.25, 0.3) is 0 Å². The zero-order chi connectivity index (χ0) is 14.3. The van der Waals surface area contributed by atoms with Crippen LogP contribution in [-0.4, -0.2) is 31.9 Å². The molecule has 1 aromatic rings. The molecule has 0 aliphatic rings. The van der Waals surface area contributed by atoms with Crippen molar-refractivity contribution in [2.75, 3.05) is 26.8 Å². The number of rotatable bonds is 7. The summed E-state index contributed by atoms with van der Waals surface area (Å²) < 4.78 is 5.42. The summed E-state index contributed by atoms with van der Waals surface area (Å²) in [5.74, 6) is 0.956. The van der Waals surface area contributed by atoms with E-state index in [-0.39, 0.29) is 12.0 Å². The van der Waals surface area contributed by atoms with E-state index in [4.69, 9.17) is 9.84 Å². The molecule has 3 heteroatoms. The van der Waals surface area contributed by atoms with E-state index in [0.29, 0.717) is 0 Å². The monoisotopic (exact) mass is 265 g/mol. The van der Waals surface area contributed by atoms with Crippen LogP contribution in [0.3, 0.4) is 0 Å². The number of benzene rings is 1. The third-order valence-corrected chi connectivity index (χ3v) is 3.23. The molecule has 2 N–H and O–H groups in total. The van der Waals surface area contributed by atoms with Gasteiger partial charge in [0.15, 0.2) is 0 Å². The molecule has 0 aromatic heterocycles. The van der Waals surface area contributed by atoms with Gasteiger partial charge >= 0.3 is 0 Å². The fraction of sp³-hybridized carbons (Fsp3) is 0.625. The van der Waals surface area contributed by atoms with E-state index in [1.807, 2.05) is 0 Å². The van der Waals surface area contributed by atoms with Gasteiger partial charge in [0.05, 0.1) is 7.11 Å². The normalized spacial score (nSPS) is 11.6. The highest BCUT2D eigenvalue weighted by Gasteiger charge is 2.15. The fourth-order valence-electron chi connectivity index (χ4n) is 1.99. The Kier molecular flexibility index (Phi) is 6.32. The minimum atomic E-state index is 0.158. The minimum Gasteiger partial charge on any atom is -0.496 e. The van der Waals surface area contributed by atoms with E-state index in [2.05, 4.69) is 44.3 Å². The van der Waals surface area contributed by atoms with Crippen molar-refractivity contribution in [1.82, 2.24) is 5.32 Å². The van der Waals surface area contributed by atoms with E-state index < -0.39 is 0 Å². The summed E-state index contributed by atoms with van der Waals surface area (Å²) in [6, 6.07) is 6.44. The number of methoxy groups -OCH3 is 1. The molecule has 0 atom stereocenters. The number of ether oxygens (including phenoxy) is 1. The van der Waals surface area contributed by atoms with E-state index in [1.54, 1.807) is 7.11 Å². The highest BCUT2D eigenvalue weighted by molar-refractivity contribution is 5.39. The predicted molar refractivity (Wildman–Crippen MR) is 80.0 cm³/mol. The Balaban J connectivity index is 2.68. The van der Waals surface area contributed by atoms with Gasteiger partial charge in [0, 0.05) is 6.61 Å². The molecule has 108 valence electrons. The lowest BCUT2D eigenvalue weighted by Crippen LogP contribution is -2.20. The van der Waals surface area contributed by atoms with Gasteiger partial charge in [0.2, 0.25) is 0 Å². The Morgan fingerprint density at radius 3 is 2.53 bits per heavy atom. The maximum absolute atomic E-state index is 8.73. The molecular formula is C16H27NO2. The molecule has 1 aromatic carbocycles. The molecule has 0 heterocycles. The molecule has 0 unspecified atom stereocenters. The molecule has 19 heavy (non-hydrogen) atoms. The van der Waals surface area contributed by atoms with Crippen molar-refractivity contribution in [3.8, 4) is 5.75 Å². The fourth-order valence-corrected chi connectivity index (χ4v) is 1.99. The predicted octanol–water partition coefficient (Wildman–Crippen LogP) is 2.51. The summed E-state index contributed by atoms with van der Waals surface area (Å²) in [6.45, 7) is 8.67. The SMILES string of the molecule is COc1ccc(C(C)(C)C)cc1CCNCCCO. The molecule has 0 aliphatic heterocycles. The third-order valence-electron chi connectivity index (χ3n) is 3.23. The summed E-state index contributed by atoms with van der Waals surface area (Å²) in [6.07, 6.45) is 1.75. The van der Waals surface area contributed by atoms with Crippen LogP contribution in [-0.2, 0) is 11.8 Å². The van der Waals surface area contributed by atoms with Gasteiger partial charge in [-0.2, -0.15) is 0 Å². The molecule has 3 nitrogen and oxygen atoms in total. The van der Waals surface area contributed by atoms with E-state index in [9.17, 15) is 0 Å². The molecule has 0 amide bonds. The molecule has 0 bridgehead atoms. The molecule has 0 radical (unpaired) electrons. The van der Waals surface area contributed by atoms with Gasteiger partial charge < -0.3 is 15.2 Å². The zero-order valence-electron chi connectivity index (χ0n) is 12.6. The van der Waals surface area contributed by atoms with E-state index in [1.165, 1.54) is 11.1 Å². The number of aliphatic hydroxyl groups is 1. The number of aliphatic hydroxyl groups excluding tert-OH is 1. The summed E-state index contributed by atoms with van der Waals surface area (Å²) in [7, 11) is 1.72. The van der Waals surface area contributed by atoms with Crippen molar-refractivity contribution < 1.29 is 9.84 Å². The number of nitrogens with one attached hydrogen (secondary N) is 1. The lowest BCUT2D eigenvalue weighted by atomic mass is 9.85. The van der Waals surface area contributed by atoms with Crippen molar-refractivity contribution in [2.24, 2.45) is 0 Å². The highest BCUT2D eigenvalue weighted by Crippen LogP contribution is 2.28.